The highest BCUT2D eigenvalue weighted by Crippen LogP contribution is 2.60. The topological polar surface area (TPSA) is 0 Å². The van der Waals surface area contributed by atoms with E-state index in [1.165, 1.54) is 87.6 Å². The fraction of sp³-hybridized carbons (Fsp3) is 0.217. The van der Waals surface area contributed by atoms with Crippen molar-refractivity contribution in [1.82, 2.24) is 0 Å². The van der Waals surface area contributed by atoms with Gasteiger partial charge >= 0.3 is 0 Å². The normalized spacial score (nSPS) is 17.3. The van der Waals surface area contributed by atoms with Crippen LogP contribution >= 0.6 is 23.2 Å². The molecule has 8 rings (SSSR count). The summed E-state index contributed by atoms with van der Waals surface area (Å²) >= 11 is 15.2. The van der Waals surface area contributed by atoms with E-state index in [1.807, 2.05) is 0 Å². The quantitative estimate of drug-likeness (QED) is 0.110. The SMILES string of the molecule is CCCC1=C([Si](C)(C)C2=C(CCC)C(Cl)c3cccc(-c4cccc5ccccc45)c32)c2c(-c3cccc4ccccc34)cccc2C1Cl. The molecule has 6 aromatic carbocycles. The van der Waals surface area contributed by atoms with E-state index in [0.29, 0.717) is 0 Å². The Bertz CT molecular complexity index is 2150. The molecule has 0 saturated heterocycles. The van der Waals surface area contributed by atoms with Gasteiger partial charge in [0.05, 0.1) is 10.8 Å². The van der Waals surface area contributed by atoms with Crippen LogP contribution in [0.2, 0.25) is 13.1 Å². The predicted molar refractivity (Wildman–Crippen MR) is 217 cm³/mol. The van der Waals surface area contributed by atoms with Gasteiger partial charge in [0.15, 0.2) is 0 Å². The molecule has 6 aromatic rings. The molecule has 0 radical (unpaired) electrons. The van der Waals surface area contributed by atoms with Crippen molar-refractivity contribution in [2.24, 2.45) is 0 Å². The second-order valence-corrected chi connectivity index (χ2v) is 19.4. The molecule has 2 aliphatic rings. The smallest absolute Gasteiger partial charge is 0.113 e. The highest BCUT2D eigenvalue weighted by atomic mass is 35.5. The van der Waals surface area contributed by atoms with E-state index in [4.69, 9.17) is 23.2 Å². The van der Waals surface area contributed by atoms with Crippen molar-refractivity contribution >= 4 is 63.2 Å². The fourth-order valence-electron chi connectivity index (χ4n) is 9.04. The van der Waals surface area contributed by atoms with Gasteiger partial charge in [-0.3, -0.25) is 0 Å². The van der Waals surface area contributed by atoms with Crippen LogP contribution < -0.4 is 0 Å². The van der Waals surface area contributed by atoms with Gasteiger partial charge in [-0.2, -0.15) is 0 Å². The predicted octanol–water partition coefficient (Wildman–Crippen LogP) is 14.5. The summed E-state index contributed by atoms with van der Waals surface area (Å²) in [6, 6.07) is 44.6. The van der Waals surface area contributed by atoms with Crippen molar-refractivity contribution in [3.8, 4) is 22.3 Å². The Kier molecular flexibility index (Phi) is 8.43. The molecular formula is C46H42Cl2Si. The molecule has 0 aromatic heterocycles. The van der Waals surface area contributed by atoms with Crippen LogP contribution in [-0.4, -0.2) is 8.07 Å². The van der Waals surface area contributed by atoms with Crippen LogP contribution in [0.5, 0.6) is 0 Å². The lowest BCUT2D eigenvalue weighted by Gasteiger charge is -2.33. The first kappa shape index (κ1) is 32.3. The minimum absolute atomic E-state index is 0.136. The highest BCUT2D eigenvalue weighted by Gasteiger charge is 2.47. The molecule has 2 atom stereocenters. The van der Waals surface area contributed by atoms with E-state index in [-0.39, 0.29) is 10.8 Å². The summed E-state index contributed by atoms with van der Waals surface area (Å²) in [5, 5.41) is 7.84. The minimum Gasteiger partial charge on any atom is -0.113 e. The summed E-state index contributed by atoms with van der Waals surface area (Å²) in [6.45, 7) is 9.75. The number of rotatable bonds is 8. The Balaban J connectivity index is 1.43. The van der Waals surface area contributed by atoms with Gasteiger partial charge in [0, 0.05) is 0 Å². The second-order valence-electron chi connectivity index (χ2n) is 14.2. The zero-order valence-electron chi connectivity index (χ0n) is 28.8. The molecule has 0 amide bonds. The molecule has 0 fully saturated rings. The van der Waals surface area contributed by atoms with Crippen LogP contribution in [0.15, 0.2) is 132 Å². The lowest BCUT2D eigenvalue weighted by atomic mass is 9.93. The van der Waals surface area contributed by atoms with E-state index in [9.17, 15) is 0 Å². The number of halogens is 2. The molecule has 0 heterocycles. The van der Waals surface area contributed by atoms with Crippen LogP contribution in [-0.2, 0) is 0 Å². The molecule has 0 aliphatic heterocycles. The maximum atomic E-state index is 7.61. The zero-order valence-corrected chi connectivity index (χ0v) is 31.3. The van der Waals surface area contributed by atoms with Crippen molar-refractivity contribution in [2.45, 2.75) is 63.4 Å². The van der Waals surface area contributed by atoms with Crippen molar-refractivity contribution in [3.63, 3.8) is 0 Å². The lowest BCUT2D eigenvalue weighted by Crippen LogP contribution is -2.32. The van der Waals surface area contributed by atoms with Crippen molar-refractivity contribution in [3.05, 3.63) is 155 Å². The molecule has 0 saturated carbocycles. The van der Waals surface area contributed by atoms with Crippen LogP contribution in [0.1, 0.15) is 72.5 Å². The number of allylic oxidation sites excluding steroid dienone is 2. The van der Waals surface area contributed by atoms with Gasteiger partial charge in [-0.1, -0.05) is 161 Å². The van der Waals surface area contributed by atoms with Crippen molar-refractivity contribution < 1.29 is 0 Å². The highest BCUT2D eigenvalue weighted by molar-refractivity contribution is 7.09. The summed E-state index contributed by atoms with van der Waals surface area (Å²) in [4.78, 5) is 0. The number of hydrogen-bond donors (Lipinski definition) is 0. The lowest BCUT2D eigenvalue weighted by molar-refractivity contribution is 0.873. The summed E-state index contributed by atoms with van der Waals surface area (Å²) in [7, 11) is -2.50. The average Bonchev–Trinajstić information content (AvgIpc) is 3.59. The fourth-order valence-corrected chi connectivity index (χ4v) is 14.2. The van der Waals surface area contributed by atoms with Gasteiger partial charge in [-0.05, 0) is 100 Å². The third-order valence-electron chi connectivity index (χ3n) is 10.9. The van der Waals surface area contributed by atoms with Crippen molar-refractivity contribution in [1.29, 1.82) is 0 Å². The van der Waals surface area contributed by atoms with E-state index in [1.54, 1.807) is 0 Å². The first-order valence-electron chi connectivity index (χ1n) is 17.8. The molecule has 3 heteroatoms. The van der Waals surface area contributed by atoms with Gasteiger partial charge in [0.2, 0.25) is 0 Å². The Morgan fingerprint density at radius 1 is 0.469 bits per heavy atom. The summed E-state index contributed by atoms with van der Waals surface area (Å²) < 4.78 is 0. The maximum Gasteiger partial charge on any atom is 0.113 e. The molecular weight excluding hydrogens is 651 g/mol. The molecule has 0 N–H and O–H groups in total. The molecule has 2 aliphatic carbocycles. The van der Waals surface area contributed by atoms with Gasteiger partial charge in [-0.25, -0.2) is 0 Å². The Labute approximate surface area is 302 Å². The number of fused-ring (bicyclic) bond motifs is 4. The van der Waals surface area contributed by atoms with Crippen LogP contribution in [0.3, 0.4) is 0 Å². The van der Waals surface area contributed by atoms with E-state index in [2.05, 4.69) is 148 Å². The average molecular weight is 694 g/mol. The first-order valence-corrected chi connectivity index (χ1v) is 21.7. The zero-order chi connectivity index (χ0) is 33.9. The molecule has 0 bridgehead atoms. The first-order chi connectivity index (χ1) is 23.9. The number of alkyl halides is 2. The van der Waals surface area contributed by atoms with Crippen LogP contribution in [0.4, 0.5) is 0 Å². The van der Waals surface area contributed by atoms with Crippen LogP contribution in [0.25, 0.3) is 54.2 Å². The number of benzene rings is 6. The summed E-state index contributed by atoms with van der Waals surface area (Å²) in [6.07, 6.45) is 4.09. The Morgan fingerprint density at radius 3 is 1.27 bits per heavy atom. The van der Waals surface area contributed by atoms with Gasteiger partial charge in [0.1, 0.15) is 8.07 Å². The maximum absolute atomic E-state index is 7.61. The third-order valence-corrected chi connectivity index (χ3v) is 15.6. The molecule has 244 valence electrons. The Hall–Kier alpha value is -3.88. The minimum atomic E-state index is -2.50. The largest absolute Gasteiger partial charge is 0.113 e. The summed E-state index contributed by atoms with van der Waals surface area (Å²) in [5.74, 6) is 0. The van der Waals surface area contributed by atoms with E-state index >= 15 is 0 Å². The number of hydrogen-bond acceptors (Lipinski definition) is 0. The van der Waals surface area contributed by atoms with Crippen LogP contribution in [0, 0.1) is 0 Å². The molecule has 49 heavy (non-hydrogen) atoms. The standard InChI is InChI=1S/C46H42Cl2Si/c1-5-15-39-43(47)37-27-13-25-35(33-23-11-19-29-17-7-9-21-31(29)33)41(37)45(39)49(3,4)46-40(16-6-2)44(48)38-28-14-26-36(42(38)46)34-24-12-20-30-18-8-10-22-32(30)34/h7-14,17-28,43-44H,5-6,15-16H2,1-4H3. The Morgan fingerprint density at radius 2 is 0.837 bits per heavy atom. The summed E-state index contributed by atoms with van der Waals surface area (Å²) in [5.41, 5.74) is 13.2. The third kappa shape index (κ3) is 5.08. The van der Waals surface area contributed by atoms with Gasteiger partial charge < -0.3 is 0 Å². The van der Waals surface area contributed by atoms with E-state index < -0.39 is 8.07 Å². The molecule has 0 spiro atoms. The van der Waals surface area contributed by atoms with E-state index in [0.717, 1.165) is 25.7 Å². The van der Waals surface area contributed by atoms with Crippen molar-refractivity contribution in [2.75, 3.05) is 0 Å². The molecule has 2 unspecified atom stereocenters. The second kappa shape index (κ2) is 12.8. The monoisotopic (exact) mass is 692 g/mol. The van der Waals surface area contributed by atoms with Gasteiger partial charge in [-0.15, -0.1) is 23.2 Å². The van der Waals surface area contributed by atoms with Gasteiger partial charge in [0.25, 0.3) is 0 Å². The molecule has 0 nitrogen and oxygen atoms in total.